The molecule has 0 fully saturated rings. The summed E-state index contributed by atoms with van der Waals surface area (Å²) in [6.45, 7) is 1.62. The van der Waals surface area contributed by atoms with E-state index in [2.05, 4.69) is 10.9 Å². The topological polar surface area (TPSA) is 41.1 Å². The van der Waals surface area contributed by atoms with Gasteiger partial charge in [-0.1, -0.05) is 11.6 Å². The summed E-state index contributed by atoms with van der Waals surface area (Å²) in [4.78, 5) is 11.2. The summed E-state index contributed by atoms with van der Waals surface area (Å²) in [5.74, 6) is -0.616. The average Bonchev–Trinajstić information content (AvgIpc) is 2.14. The molecule has 0 atom stereocenters. The highest BCUT2D eigenvalue weighted by atomic mass is 35.5. The molecule has 0 spiro atoms. The number of amides is 1. The van der Waals surface area contributed by atoms with E-state index < -0.39 is 0 Å². The predicted molar refractivity (Wildman–Crippen MR) is 57.1 cm³/mol. The number of benzene rings is 1. The van der Waals surface area contributed by atoms with Crippen LogP contribution >= 0.6 is 11.6 Å². The summed E-state index contributed by atoms with van der Waals surface area (Å²) in [6.07, 6.45) is 0.0525. The third-order valence-electron chi connectivity index (χ3n) is 1.94. The molecule has 0 bridgehead atoms. The van der Waals surface area contributed by atoms with Crippen LogP contribution in [-0.4, -0.2) is 13.0 Å². The Balaban J connectivity index is 2.86. The first-order chi connectivity index (χ1) is 7.04. The van der Waals surface area contributed by atoms with E-state index in [1.165, 1.54) is 12.1 Å². The van der Waals surface area contributed by atoms with Crippen molar-refractivity contribution in [1.82, 2.24) is 10.9 Å². The number of nitrogens with one attached hydrogen (secondary N) is 2. The SMILES string of the molecule is CNNC(=O)Cc1cc(F)c(C)cc1Cl. The number of carbonyl (C=O) groups is 1. The van der Waals surface area contributed by atoms with Crippen LogP contribution in [0.5, 0.6) is 0 Å². The van der Waals surface area contributed by atoms with Gasteiger partial charge in [-0.3, -0.25) is 10.2 Å². The Labute approximate surface area is 92.6 Å². The minimum atomic E-state index is -0.355. The van der Waals surface area contributed by atoms with E-state index in [0.717, 1.165) is 0 Å². The molecule has 0 saturated carbocycles. The molecule has 1 rings (SSSR count). The monoisotopic (exact) mass is 230 g/mol. The van der Waals surface area contributed by atoms with Gasteiger partial charge < -0.3 is 0 Å². The second kappa shape index (κ2) is 5.09. The van der Waals surface area contributed by atoms with Crippen molar-refractivity contribution >= 4 is 17.5 Å². The molecular weight excluding hydrogens is 219 g/mol. The van der Waals surface area contributed by atoms with Crippen LogP contribution < -0.4 is 10.9 Å². The second-order valence-electron chi connectivity index (χ2n) is 3.17. The van der Waals surface area contributed by atoms with E-state index in [1.807, 2.05) is 0 Å². The van der Waals surface area contributed by atoms with Gasteiger partial charge in [0.25, 0.3) is 0 Å². The van der Waals surface area contributed by atoms with E-state index in [1.54, 1.807) is 14.0 Å². The summed E-state index contributed by atoms with van der Waals surface area (Å²) < 4.78 is 13.2. The van der Waals surface area contributed by atoms with Gasteiger partial charge in [-0.25, -0.2) is 9.82 Å². The smallest absolute Gasteiger partial charge is 0.238 e. The molecule has 0 aromatic heterocycles. The number of aryl methyl sites for hydroxylation is 1. The maximum Gasteiger partial charge on any atom is 0.238 e. The van der Waals surface area contributed by atoms with Crippen molar-refractivity contribution in [1.29, 1.82) is 0 Å². The van der Waals surface area contributed by atoms with Crippen LogP contribution in [0, 0.1) is 12.7 Å². The third kappa shape index (κ3) is 3.18. The van der Waals surface area contributed by atoms with Crippen LogP contribution in [0.2, 0.25) is 5.02 Å². The van der Waals surface area contributed by atoms with Crippen LogP contribution in [0.15, 0.2) is 12.1 Å². The normalized spacial score (nSPS) is 10.1. The van der Waals surface area contributed by atoms with Crippen molar-refractivity contribution in [3.63, 3.8) is 0 Å². The maximum atomic E-state index is 13.2. The zero-order chi connectivity index (χ0) is 11.4. The standard InChI is InChI=1S/C10H12ClFN2O/c1-6-3-8(11)7(4-9(6)12)5-10(15)14-13-2/h3-4,13H,5H2,1-2H3,(H,14,15). The highest BCUT2D eigenvalue weighted by molar-refractivity contribution is 6.31. The van der Waals surface area contributed by atoms with Crippen LogP contribution in [0.4, 0.5) is 4.39 Å². The summed E-state index contributed by atoms with van der Waals surface area (Å²) in [6, 6.07) is 2.80. The van der Waals surface area contributed by atoms with Crippen molar-refractivity contribution < 1.29 is 9.18 Å². The molecule has 0 aliphatic carbocycles. The molecule has 2 N–H and O–H groups in total. The zero-order valence-corrected chi connectivity index (χ0v) is 9.28. The lowest BCUT2D eigenvalue weighted by Gasteiger charge is -2.06. The number of carbonyl (C=O) groups excluding carboxylic acids is 1. The fourth-order valence-electron chi connectivity index (χ4n) is 1.18. The van der Waals surface area contributed by atoms with Crippen LogP contribution in [0.3, 0.4) is 0 Å². The van der Waals surface area contributed by atoms with E-state index in [-0.39, 0.29) is 18.1 Å². The number of rotatable bonds is 3. The molecule has 0 saturated heterocycles. The first-order valence-corrected chi connectivity index (χ1v) is 4.82. The molecule has 0 radical (unpaired) electrons. The predicted octanol–water partition coefficient (Wildman–Crippen LogP) is 1.58. The molecule has 1 aromatic carbocycles. The Bertz CT molecular complexity index is 382. The lowest BCUT2D eigenvalue weighted by Crippen LogP contribution is -2.35. The molecule has 0 heterocycles. The number of hydrogen-bond acceptors (Lipinski definition) is 2. The Morgan fingerprint density at radius 3 is 2.80 bits per heavy atom. The highest BCUT2D eigenvalue weighted by Gasteiger charge is 2.09. The number of hydrazine groups is 1. The maximum absolute atomic E-state index is 13.2. The Morgan fingerprint density at radius 1 is 1.53 bits per heavy atom. The van der Waals surface area contributed by atoms with Crippen molar-refractivity contribution in [2.75, 3.05) is 7.05 Å². The number of halogens is 2. The zero-order valence-electron chi connectivity index (χ0n) is 8.53. The van der Waals surface area contributed by atoms with Gasteiger partial charge in [0.15, 0.2) is 0 Å². The first kappa shape index (κ1) is 11.9. The average molecular weight is 231 g/mol. The van der Waals surface area contributed by atoms with E-state index in [4.69, 9.17) is 11.6 Å². The molecule has 15 heavy (non-hydrogen) atoms. The molecule has 5 heteroatoms. The van der Waals surface area contributed by atoms with Gasteiger partial charge >= 0.3 is 0 Å². The van der Waals surface area contributed by atoms with Crippen molar-refractivity contribution in [3.05, 3.63) is 34.1 Å². The minimum absolute atomic E-state index is 0.0525. The Kier molecular flexibility index (Phi) is 4.05. The van der Waals surface area contributed by atoms with Gasteiger partial charge in [0.05, 0.1) is 6.42 Å². The minimum Gasteiger partial charge on any atom is -0.292 e. The van der Waals surface area contributed by atoms with Crippen molar-refractivity contribution in [3.8, 4) is 0 Å². The van der Waals surface area contributed by atoms with Crippen molar-refractivity contribution in [2.45, 2.75) is 13.3 Å². The fraction of sp³-hybridized carbons (Fsp3) is 0.300. The van der Waals surface area contributed by atoms with E-state index >= 15 is 0 Å². The fourth-order valence-corrected chi connectivity index (χ4v) is 1.46. The van der Waals surface area contributed by atoms with Gasteiger partial charge in [-0.15, -0.1) is 0 Å². The summed E-state index contributed by atoms with van der Waals surface area (Å²) >= 11 is 5.88. The Morgan fingerprint density at radius 2 is 2.20 bits per heavy atom. The molecular formula is C10H12ClFN2O. The quantitative estimate of drug-likeness (QED) is 0.775. The number of hydrogen-bond donors (Lipinski definition) is 2. The van der Waals surface area contributed by atoms with Gasteiger partial charge in [0.2, 0.25) is 5.91 Å². The molecule has 0 aliphatic rings. The second-order valence-corrected chi connectivity index (χ2v) is 3.57. The van der Waals surface area contributed by atoms with Gasteiger partial charge in [-0.2, -0.15) is 0 Å². The third-order valence-corrected chi connectivity index (χ3v) is 2.29. The molecule has 3 nitrogen and oxygen atoms in total. The first-order valence-electron chi connectivity index (χ1n) is 4.44. The largest absolute Gasteiger partial charge is 0.292 e. The van der Waals surface area contributed by atoms with Gasteiger partial charge in [-0.05, 0) is 30.2 Å². The van der Waals surface area contributed by atoms with Gasteiger partial charge in [0, 0.05) is 12.1 Å². The molecule has 1 amide bonds. The summed E-state index contributed by atoms with van der Waals surface area (Å²) in [5.41, 5.74) is 5.83. The highest BCUT2D eigenvalue weighted by Crippen LogP contribution is 2.20. The lowest BCUT2D eigenvalue weighted by atomic mass is 10.1. The van der Waals surface area contributed by atoms with Crippen LogP contribution in [-0.2, 0) is 11.2 Å². The summed E-state index contributed by atoms with van der Waals surface area (Å²) in [5, 5.41) is 0.403. The van der Waals surface area contributed by atoms with Crippen LogP contribution in [0.1, 0.15) is 11.1 Å². The van der Waals surface area contributed by atoms with E-state index in [0.29, 0.717) is 16.1 Å². The van der Waals surface area contributed by atoms with Crippen LogP contribution in [0.25, 0.3) is 0 Å². The molecule has 1 aromatic rings. The Hall–Kier alpha value is -1.13. The van der Waals surface area contributed by atoms with E-state index in [9.17, 15) is 9.18 Å². The molecule has 0 unspecified atom stereocenters. The molecule has 82 valence electrons. The van der Waals surface area contributed by atoms with Gasteiger partial charge in [0.1, 0.15) is 5.82 Å². The molecule has 0 aliphatic heterocycles. The summed E-state index contributed by atoms with van der Waals surface area (Å²) in [7, 11) is 1.58. The van der Waals surface area contributed by atoms with Crippen molar-refractivity contribution in [2.24, 2.45) is 0 Å². The lowest BCUT2D eigenvalue weighted by molar-refractivity contribution is -0.121.